The van der Waals surface area contributed by atoms with Gasteiger partial charge in [-0.2, -0.15) is 0 Å². The Bertz CT molecular complexity index is 564. The van der Waals surface area contributed by atoms with Gasteiger partial charge < -0.3 is 14.4 Å². The molecular formula is C11H8BrNO4. The third kappa shape index (κ3) is 2.16. The Kier molecular flexibility index (Phi) is 3.14. The maximum atomic E-state index is 10.7. The summed E-state index contributed by atoms with van der Waals surface area (Å²) >= 11 is 3.34. The monoisotopic (exact) mass is 297 g/mol. The van der Waals surface area contributed by atoms with Crippen molar-refractivity contribution in [3.05, 3.63) is 34.4 Å². The smallest absolute Gasteiger partial charge is 0.358 e. The lowest BCUT2D eigenvalue weighted by atomic mass is 10.1. The van der Waals surface area contributed by atoms with Crippen LogP contribution in [-0.2, 0) is 0 Å². The molecule has 0 amide bonds. The van der Waals surface area contributed by atoms with E-state index >= 15 is 0 Å². The number of benzene rings is 1. The lowest BCUT2D eigenvalue weighted by Crippen LogP contribution is -1.94. The Balaban J connectivity index is 2.52. The Morgan fingerprint density at radius 2 is 2.29 bits per heavy atom. The minimum atomic E-state index is -1.13. The third-order valence-electron chi connectivity index (χ3n) is 2.17. The van der Waals surface area contributed by atoms with Gasteiger partial charge in [0.2, 0.25) is 0 Å². The lowest BCUT2D eigenvalue weighted by molar-refractivity contribution is 0.0686. The van der Waals surface area contributed by atoms with Crippen LogP contribution in [0.3, 0.4) is 0 Å². The average molecular weight is 298 g/mol. The molecule has 0 radical (unpaired) electrons. The van der Waals surface area contributed by atoms with E-state index in [1.54, 1.807) is 12.1 Å². The second-order valence-corrected chi connectivity index (χ2v) is 4.06. The van der Waals surface area contributed by atoms with E-state index in [0.29, 0.717) is 17.1 Å². The van der Waals surface area contributed by atoms with Crippen molar-refractivity contribution in [2.75, 3.05) is 7.11 Å². The van der Waals surface area contributed by atoms with E-state index in [-0.39, 0.29) is 5.69 Å². The van der Waals surface area contributed by atoms with Crippen LogP contribution >= 0.6 is 15.9 Å². The summed E-state index contributed by atoms with van der Waals surface area (Å²) < 4.78 is 11.0. The van der Waals surface area contributed by atoms with Crippen LogP contribution in [0.1, 0.15) is 10.5 Å². The highest BCUT2D eigenvalue weighted by atomic mass is 79.9. The average Bonchev–Trinajstić information content (AvgIpc) is 2.77. The molecule has 0 aliphatic carbocycles. The van der Waals surface area contributed by atoms with Gasteiger partial charge in [-0.3, -0.25) is 0 Å². The van der Waals surface area contributed by atoms with E-state index in [4.69, 9.17) is 14.4 Å². The Morgan fingerprint density at radius 1 is 1.53 bits per heavy atom. The largest absolute Gasteiger partial charge is 0.495 e. The van der Waals surface area contributed by atoms with Crippen LogP contribution in [0.4, 0.5) is 0 Å². The normalized spacial score (nSPS) is 10.2. The van der Waals surface area contributed by atoms with Gasteiger partial charge in [0, 0.05) is 6.07 Å². The summed E-state index contributed by atoms with van der Waals surface area (Å²) in [7, 11) is 1.53. The molecular weight excluding hydrogens is 290 g/mol. The van der Waals surface area contributed by atoms with Gasteiger partial charge in [-0.25, -0.2) is 4.79 Å². The first kappa shape index (κ1) is 11.7. The number of carboxylic acid groups (broad SMARTS) is 1. The SMILES string of the molecule is COc1c(Br)cccc1-c1cc(C(=O)O)no1. The first-order valence-corrected chi connectivity index (χ1v) is 5.45. The minimum absolute atomic E-state index is 0.137. The van der Waals surface area contributed by atoms with Gasteiger partial charge in [0.1, 0.15) is 5.75 Å². The third-order valence-corrected chi connectivity index (χ3v) is 2.79. The number of carboxylic acids is 1. The molecule has 5 nitrogen and oxygen atoms in total. The Morgan fingerprint density at radius 3 is 2.88 bits per heavy atom. The number of hydrogen-bond acceptors (Lipinski definition) is 4. The van der Waals surface area contributed by atoms with Crippen molar-refractivity contribution in [1.82, 2.24) is 5.16 Å². The summed E-state index contributed by atoms with van der Waals surface area (Å²) in [6, 6.07) is 6.73. The molecule has 0 saturated heterocycles. The highest BCUT2D eigenvalue weighted by Crippen LogP contribution is 2.36. The molecule has 6 heteroatoms. The van der Waals surface area contributed by atoms with Gasteiger partial charge in [-0.1, -0.05) is 11.2 Å². The van der Waals surface area contributed by atoms with Crippen molar-refractivity contribution >= 4 is 21.9 Å². The topological polar surface area (TPSA) is 72.6 Å². The van der Waals surface area contributed by atoms with Crippen LogP contribution in [0.25, 0.3) is 11.3 Å². The molecule has 0 aliphatic heterocycles. The van der Waals surface area contributed by atoms with Crippen LogP contribution in [-0.4, -0.2) is 23.3 Å². The fourth-order valence-electron chi connectivity index (χ4n) is 1.41. The molecule has 1 aromatic heterocycles. The van der Waals surface area contributed by atoms with Crippen molar-refractivity contribution in [2.45, 2.75) is 0 Å². The van der Waals surface area contributed by atoms with E-state index in [1.807, 2.05) is 6.07 Å². The molecule has 2 aromatic rings. The van der Waals surface area contributed by atoms with Gasteiger partial charge in [0.25, 0.3) is 0 Å². The number of carbonyl (C=O) groups is 1. The predicted octanol–water partition coefficient (Wildman–Crippen LogP) is 2.81. The van der Waals surface area contributed by atoms with Crippen molar-refractivity contribution in [2.24, 2.45) is 0 Å². The van der Waals surface area contributed by atoms with Crippen molar-refractivity contribution in [3.63, 3.8) is 0 Å². The summed E-state index contributed by atoms with van der Waals surface area (Å²) in [6.45, 7) is 0. The summed E-state index contributed by atoms with van der Waals surface area (Å²) in [5.74, 6) is -0.213. The number of nitrogens with zero attached hydrogens (tertiary/aromatic N) is 1. The second kappa shape index (κ2) is 4.58. The molecule has 0 aliphatic rings. The number of rotatable bonds is 3. The molecule has 0 unspecified atom stereocenters. The van der Waals surface area contributed by atoms with Crippen molar-refractivity contribution in [3.8, 4) is 17.1 Å². The zero-order valence-corrected chi connectivity index (χ0v) is 10.4. The lowest BCUT2D eigenvalue weighted by Gasteiger charge is -2.06. The number of methoxy groups -OCH3 is 1. The number of para-hydroxylation sites is 1. The summed E-state index contributed by atoms with van der Waals surface area (Å²) in [5.41, 5.74) is 0.504. The summed E-state index contributed by atoms with van der Waals surface area (Å²) in [5, 5.41) is 12.2. The number of ether oxygens (including phenoxy) is 1. The molecule has 0 atom stereocenters. The molecule has 0 spiro atoms. The number of aromatic nitrogens is 1. The fraction of sp³-hybridized carbons (Fsp3) is 0.0909. The van der Waals surface area contributed by atoms with E-state index in [9.17, 15) is 4.79 Å². The number of hydrogen-bond donors (Lipinski definition) is 1. The van der Waals surface area contributed by atoms with Crippen LogP contribution in [0.15, 0.2) is 33.3 Å². The first-order chi connectivity index (χ1) is 8.13. The molecule has 0 saturated carbocycles. The van der Waals surface area contributed by atoms with Gasteiger partial charge in [-0.15, -0.1) is 0 Å². The summed E-state index contributed by atoms with van der Waals surface area (Å²) in [6.07, 6.45) is 0. The maximum Gasteiger partial charge on any atom is 0.358 e. The van der Waals surface area contributed by atoms with Gasteiger partial charge in [0.15, 0.2) is 11.5 Å². The van der Waals surface area contributed by atoms with E-state index < -0.39 is 5.97 Å². The van der Waals surface area contributed by atoms with Crippen LogP contribution in [0.5, 0.6) is 5.75 Å². The van der Waals surface area contributed by atoms with Crippen LogP contribution < -0.4 is 4.74 Å². The van der Waals surface area contributed by atoms with E-state index in [2.05, 4.69) is 21.1 Å². The van der Waals surface area contributed by atoms with E-state index in [1.165, 1.54) is 13.2 Å². The quantitative estimate of drug-likeness (QED) is 0.943. The molecule has 0 fully saturated rings. The molecule has 2 rings (SSSR count). The van der Waals surface area contributed by atoms with Gasteiger partial charge in [-0.05, 0) is 28.1 Å². The first-order valence-electron chi connectivity index (χ1n) is 4.66. The molecule has 17 heavy (non-hydrogen) atoms. The number of aromatic carboxylic acids is 1. The molecule has 0 bridgehead atoms. The molecule has 1 aromatic carbocycles. The van der Waals surface area contributed by atoms with E-state index in [0.717, 1.165) is 4.47 Å². The van der Waals surface area contributed by atoms with Gasteiger partial charge >= 0.3 is 5.97 Å². The number of halogens is 1. The summed E-state index contributed by atoms with van der Waals surface area (Å²) in [4.78, 5) is 10.7. The zero-order valence-electron chi connectivity index (χ0n) is 8.81. The Labute approximate surface area is 105 Å². The highest BCUT2D eigenvalue weighted by Gasteiger charge is 2.16. The predicted molar refractivity (Wildman–Crippen MR) is 63.2 cm³/mol. The second-order valence-electron chi connectivity index (χ2n) is 3.20. The molecule has 1 N–H and O–H groups in total. The Hall–Kier alpha value is -1.82. The zero-order chi connectivity index (χ0) is 12.4. The standard InChI is InChI=1S/C11H8BrNO4/c1-16-10-6(3-2-4-7(10)12)9-5-8(11(14)15)13-17-9/h2-5H,1H3,(H,14,15). The fourth-order valence-corrected chi connectivity index (χ4v) is 1.94. The molecule has 1 heterocycles. The maximum absolute atomic E-state index is 10.7. The van der Waals surface area contributed by atoms with Crippen molar-refractivity contribution in [1.29, 1.82) is 0 Å². The minimum Gasteiger partial charge on any atom is -0.495 e. The van der Waals surface area contributed by atoms with Crippen molar-refractivity contribution < 1.29 is 19.2 Å². The highest BCUT2D eigenvalue weighted by molar-refractivity contribution is 9.10. The van der Waals surface area contributed by atoms with Crippen LogP contribution in [0, 0.1) is 0 Å². The van der Waals surface area contributed by atoms with Crippen LogP contribution in [0.2, 0.25) is 0 Å². The molecule has 88 valence electrons. The van der Waals surface area contributed by atoms with Gasteiger partial charge in [0.05, 0.1) is 17.1 Å².